The first-order valence-electron chi connectivity index (χ1n) is 24.0. The molecule has 3 aliphatic rings. The average molecular weight is 860 g/mol. The Labute approximate surface area is 390 Å². The lowest BCUT2D eigenvalue weighted by atomic mass is 9.73. The van der Waals surface area contributed by atoms with Crippen molar-refractivity contribution in [2.24, 2.45) is 11.3 Å². The Bertz CT molecular complexity index is 4070. The SMILES string of the molecule is CC1C=CC(C2(C)C=CC(c3ccc4c(c3)c3cc(-c5ccc6c7ccccc7c7ccccc7c6c5)ccc3n4-c3ccc4c(c3)C(C)(C)c3c-4ccc4oc5ccccc5c34)=CC2)=CC1. The van der Waals surface area contributed by atoms with Crippen LogP contribution in [0, 0.1) is 11.3 Å². The van der Waals surface area contributed by atoms with E-state index >= 15 is 0 Å². The number of rotatable bonds is 4. The summed E-state index contributed by atoms with van der Waals surface area (Å²) in [5.74, 6) is 0.607. The molecule has 0 aliphatic heterocycles. The van der Waals surface area contributed by atoms with Crippen LogP contribution in [0.25, 0.3) is 110 Å². The number of nitrogens with zero attached hydrogens (tertiary/aromatic N) is 1. The fourth-order valence-corrected chi connectivity index (χ4v) is 12.3. The van der Waals surface area contributed by atoms with Gasteiger partial charge in [-0.1, -0.05) is 167 Å². The molecule has 0 spiro atoms. The molecule has 2 atom stereocenters. The molecular formula is C65H49NO. The van der Waals surface area contributed by atoms with Crippen molar-refractivity contribution in [3.05, 3.63) is 216 Å². The first-order chi connectivity index (χ1) is 32.7. The van der Waals surface area contributed by atoms with Crippen molar-refractivity contribution in [3.63, 3.8) is 0 Å². The van der Waals surface area contributed by atoms with Crippen molar-refractivity contribution in [1.82, 2.24) is 4.57 Å². The Morgan fingerprint density at radius 1 is 0.522 bits per heavy atom. The highest BCUT2D eigenvalue weighted by Crippen LogP contribution is 2.54. The van der Waals surface area contributed by atoms with Gasteiger partial charge in [0.1, 0.15) is 11.2 Å². The van der Waals surface area contributed by atoms with Crippen LogP contribution in [0.1, 0.15) is 57.2 Å². The molecule has 0 N–H and O–H groups in total. The molecule has 14 rings (SSSR count). The van der Waals surface area contributed by atoms with Gasteiger partial charge in [0.25, 0.3) is 0 Å². The molecule has 0 radical (unpaired) electrons. The number of hydrogen-bond donors (Lipinski definition) is 0. The highest BCUT2D eigenvalue weighted by Gasteiger charge is 2.39. The molecule has 0 saturated carbocycles. The summed E-state index contributed by atoms with van der Waals surface area (Å²) in [6, 6.07) is 59.2. The number of allylic oxidation sites excluding steroid dienone is 8. The minimum Gasteiger partial charge on any atom is -0.456 e. The van der Waals surface area contributed by atoms with Crippen molar-refractivity contribution in [2.75, 3.05) is 0 Å². The van der Waals surface area contributed by atoms with Gasteiger partial charge in [0.2, 0.25) is 0 Å². The molecular weight excluding hydrogens is 811 g/mol. The van der Waals surface area contributed by atoms with Gasteiger partial charge in [0.05, 0.1) is 11.0 Å². The zero-order valence-electron chi connectivity index (χ0n) is 38.3. The van der Waals surface area contributed by atoms with Crippen molar-refractivity contribution in [2.45, 2.75) is 46.0 Å². The molecule has 2 unspecified atom stereocenters. The lowest BCUT2D eigenvalue weighted by Crippen LogP contribution is -2.18. The van der Waals surface area contributed by atoms with Crippen LogP contribution in [0.2, 0.25) is 0 Å². The lowest BCUT2D eigenvalue weighted by Gasteiger charge is -2.31. The van der Waals surface area contributed by atoms with Crippen molar-refractivity contribution < 1.29 is 4.42 Å². The molecule has 2 aromatic heterocycles. The summed E-state index contributed by atoms with van der Waals surface area (Å²) in [6.45, 7) is 9.46. The number of benzene rings is 9. The summed E-state index contributed by atoms with van der Waals surface area (Å²) >= 11 is 0. The monoisotopic (exact) mass is 859 g/mol. The Morgan fingerprint density at radius 3 is 1.82 bits per heavy atom. The van der Waals surface area contributed by atoms with E-state index in [1.807, 2.05) is 0 Å². The maximum Gasteiger partial charge on any atom is 0.135 e. The third kappa shape index (κ3) is 5.57. The third-order valence-corrected chi connectivity index (χ3v) is 15.9. The van der Waals surface area contributed by atoms with Gasteiger partial charge >= 0.3 is 0 Å². The van der Waals surface area contributed by atoms with Crippen LogP contribution in [0.3, 0.4) is 0 Å². The average Bonchev–Trinajstić information content (AvgIpc) is 3.98. The van der Waals surface area contributed by atoms with E-state index in [2.05, 4.69) is 226 Å². The second-order valence-electron chi connectivity index (χ2n) is 20.3. The predicted octanol–water partition coefficient (Wildman–Crippen LogP) is 18.0. The van der Waals surface area contributed by atoms with E-state index in [1.54, 1.807) is 0 Å². The Balaban J connectivity index is 0.944. The van der Waals surface area contributed by atoms with Gasteiger partial charge in [-0.15, -0.1) is 0 Å². The van der Waals surface area contributed by atoms with Crippen LogP contribution in [0.15, 0.2) is 204 Å². The fraction of sp³-hybridized carbons (Fsp3) is 0.138. The molecule has 0 bridgehead atoms. The summed E-state index contributed by atoms with van der Waals surface area (Å²) in [7, 11) is 0. The van der Waals surface area contributed by atoms with Gasteiger partial charge in [-0.05, 0) is 156 Å². The Hall–Kier alpha value is -7.68. The van der Waals surface area contributed by atoms with Crippen molar-refractivity contribution in [1.29, 1.82) is 0 Å². The van der Waals surface area contributed by atoms with Crippen LogP contribution < -0.4 is 0 Å². The summed E-state index contributed by atoms with van der Waals surface area (Å²) in [5, 5.41) is 12.7. The maximum atomic E-state index is 6.42. The summed E-state index contributed by atoms with van der Waals surface area (Å²) in [4.78, 5) is 0. The van der Waals surface area contributed by atoms with E-state index in [-0.39, 0.29) is 10.8 Å². The second-order valence-corrected chi connectivity index (χ2v) is 20.3. The number of aromatic nitrogens is 1. The minimum atomic E-state index is -0.243. The number of furan rings is 1. The molecule has 320 valence electrons. The van der Waals surface area contributed by atoms with E-state index in [0.29, 0.717) is 5.92 Å². The first-order valence-corrected chi connectivity index (χ1v) is 24.0. The molecule has 0 fully saturated rings. The molecule has 11 aromatic rings. The topological polar surface area (TPSA) is 18.1 Å². The summed E-state index contributed by atoms with van der Waals surface area (Å²) < 4.78 is 8.93. The van der Waals surface area contributed by atoms with E-state index in [9.17, 15) is 0 Å². The zero-order chi connectivity index (χ0) is 44.8. The third-order valence-electron chi connectivity index (χ3n) is 15.9. The quantitative estimate of drug-likeness (QED) is 0.161. The Morgan fingerprint density at radius 2 is 1.13 bits per heavy atom. The first kappa shape index (κ1) is 38.6. The molecule has 2 heteroatoms. The molecule has 67 heavy (non-hydrogen) atoms. The molecule has 2 nitrogen and oxygen atoms in total. The van der Waals surface area contributed by atoms with Gasteiger partial charge in [0.15, 0.2) is 0 Å². The van der Waals surface area contributed by atoms with Crippen LogP contribution in [-0.2, 0) is 5.41 Å². The van der Waals surface area contributed by atoms with Gasteiger partial charge in [-0.25, -0.2) is 0 Å². The van der Waals surface area contributed by atoms with Gasteiger partial charge < -0.3 is 8.98 Å². The van der Waals surface area contributed by atoms with E-state index in [0.717, 1.165) is 24.0 Å². The van der Waals surface area contributed by atoms with Gasteiger partial charge in [-0.3, -0.25) is 0 Å². The van der Waals surface area contributed by atoms with Crippen LogP contribution in [0.4, 0.5) is 0 Å². The maximum absolute atomic E-state index is 6.42. The standard InChI is InChI=1S/C65H49NO/c1-39-17-22-44(23-18-39)65(4)33-31-40(32-34-65)41-20-28-58-55(36-41)56-37-43(42-19-25-50-48-13-6-5-11-46(48)47-12-7-8-14-49(47)54(50)35-42)21-29-59(56)66(58)45-24-26-51-52-27-30-61-62(53-15-9-10-16-60(53)67-61)63(52)64(2,3)57(51)38-45/h5-17,19-33,35-39H,18,34H2,1-4H3. The summed E-state index contributed by atoms with van der Waals surface area (Å²) in [6.07, 6.45) is 16.5. The van der Waals surface area contributed by atoms with Crippen molar-refractivity contribution in [3.8, 4) is 27.9 Å². The highest BCUT2D eigenvalue weighted by atomic mass is 16.3. The van der Waals surface area contributed by atoms with E-state index in [1.165, 1.54) is 121 Å². The molecule has 0 saturated heterocycles. The van der Waals surface area contributed by atoms with E-state index in [4.69, 9.17) is 4.42 Å². The molecule has 0 amide bonds. The van der Waals surface area contributed by atoms with Crippen molar-refractivity contribution >= 4 is 81.6 Å². The normalized spacial score (nSPS) is 18.7. The van der Waals surface area contributed by atoms with Crippen LogP contribution in [-0.4, -0.2) is 4.57 Å². The predicted molar refractivity (Wildman–Crippen MR) is 284 cm³/mol. The number of fused-ring (bicyclic) bond motifs is 16. The van der Waals surface area contributed by atoms with Gasteiger partial charge in [0, 0.05) is 38.1 Å². The largest absolute Gasteiger partial charge is 0.456 e. The smallest absolute Gasteiger partial charge is 0.135 e. The summed E-state index contributed by atoms with van der Waals surface area (Å²) in [5.41, 5.74) is 16.9. The molecule has 3 aliphatic carbocycles. The fourth-order valence-electron chi connectivity index (χ4n) is 12.3. The second kappa shape index (κ2) is 13.9. The van der Waals surface area contributed by atoms with Crippen LogP contribution in [0.5, 0.6) is 0 Å². The zero-order valence-corrected chi connectivity index (χ0v) is 38.3. The Kier molecular flexibility index (Phi) is 8.02. The van der Waals surface area contributed by atoms with Crippen LogP contribution >= 0.6 is 0 Å². The number of hydrogen-bond acceptors (Lipinski definition) is 1. The lowest BCUT2D eigenvalue weighted by molar-refractivity contribution is 0.521. The van der Waals surface area contributed by atoms with Gasteiger partial charge in [-0.2, -0.15) is 0 Å². The highest BCUT2D eigenvalue weighted by molar-refractivity contribution is 6.26. The van der Waals surface area contributed by atoms with E-state index < -0.39 is 0 Å². The number of para-hydroxylation sites is 1. The minimum absolute atomic E-state index is 0.00410. The molecule has 9 aromatic carbocycles. The molecule has 2 heterocycles.